The van der Waals surface area contributed by atoms with E-state index >= 15 is 0 Å². The van der Waals surface area contributed by atoms with Crippen molar-refractivity contribution in [2.45, 2.75) is 71.0 Å². The number of hydrogen-bond acceptors (Lipinski definition) is 2. The van der Waals surface area contributed by atoms with E-state index in [1.54, 1.807) is 0 Å². The summed E-state index contributed by atoms with van der Waals surface area (Å²) in [6.45, 7) is 8.17. The molecular weight excluding hydrogens is 188 g/mol. The van der Waals surface area contributed by atoms with Crippen molar-refractivity contribution in [3.8, 4) is 0 Å². The van der Waals surface area contributed by atoms with E-state index in [1.165, 1.54) is 31.3 Å². The highest BCUT2D eigenvalue weighted by molar-refractivity contribution is 4.92. The molecule has 1 heterocycles. The molecule has 1 aliphatic rings. The van der Waals surface area contributed by atoms with Crippen LogP contribution in [0.25, 0.3) is 0 Å². The smallest absolute Gasteiger partial charge is 0.0992 e. The van der Waals surface area contributed by atoms with E-state index in [0.717, 1.165) is 19.3 Å². The predicted molar refractivity (Wildman–Crippen MR) is 62.6 cm³/mol. The lowest BCUT2D eigenvalue weighted by molar-refractivity contribution is -0.296. The minimum atomic E-state index is 0.249. The molecule has 0 bridgehead atoms. The first-order valence-electron chi connectivity index (χ1n) is 6.19. The predicted octanol–water partition coefficient (Wildman–Crippen LogP) is 4.01. The molecule has 0 spiro atoms. The highest BCUT2D eigenvalue weighted by atomic mass is 17.2. The SMILES string of the molecule is C=C(C)CC1CC(CCCCCC)OO1. The van der Waals surface area contributed by atoms with Crippen molar-refractivity contribution in [2.24, 2.45) is 0 Å². The van der Waals surface area contributed by atoms with E-state index in [9.17, 15) is 0 Å². The van der Waals surface area contributed by atoms with Crippen molar-refractivity contribution in [3.63, 3.8) is 0 Å². The highest BCUT2D eigenvalue weighted by Gasteiger charge is 2.26. The van der Waals surface area contributed by atoms with Gasteiger partial charge in [-0.1, -0.05) is 38.2 Å². The normalized spacial score (nSPS) is 25.7. The molecule has 0 aromatic heterocycles. The van der Waals surface area contributed by atoms with Crippen molar-refractivity contribution in [1.82, 2.24) is 0 Å². The van der Waals surface area contributed by atoms with E-state index in [2.05, 4.69) is 13.5 Å². The molecule has 0 saturated carbocycles. The minimum absolute atomic E-state index is 0.249. The van der Waals surface area contributed by atoms with Crippen molar-refractivity contribution in [2.75, 3.05) is 0 Å². The van der Waals surface area contributed by atoms with E-state index in [0.29, 0.717) is 6.10 Å². The lowest BCUT2D eigenvalue weighted by atomic mass is 10.0. The van der Waals surface area contributed by atoms with Crippen LogP contribution in [-0.2, 0) is 9.78 Å². The first kappa shape index (κ1) is 12.7. The quantitative estimate of drug-likeness (QED) is 0.360. The fourth-order valence-electron chi connectivity index (χ4n) is 2.00. The molecule has 2 heteroatoms. The summed E-state index contributed by atoms with van der Waals surface area (Å²) < 4.78 is 0. The van der Waals surface area contributed by atoms with Crippen LogP contribution in [0.2, 0.25) is 0 Å². The van der Waals surface area contributed by atoms with Crippen molar-refractivity contribution in [1.29, 1.82) is 0 Å². The maximum Gasteiger partial charge on any atom is 0.0992 e. The van der Waals surface area contributed by atoms with Crippen LogP contribution < -0.4 is 0 Å². The third-order valence-corrected chi connectivity index (χ3v) is 2.81. The van der Waals surface area contributed by atoms with Crippen molar-refractivity contribution >= 4 is 0 Å². The van der Waals surface area contributed by atoms with Crippen LogP contribution in [0, 0.1) is 0 Å². The molecule has 2 nitrogen and oxygen atoms in total. The van der Waals surface area contributed by atoms with Gasteiger partial charge in [-0.3, -0.25) is 0 Å². The standard InChI is InChI=1S/C13H24O2/c1-4-5-6-7-8-12-10-13(15-14-12)9-11(2)3/h12-13H,2,4-10H2,1,3H3. The van der Waals surface area contributed by atoms with E-state index in [1.807, 2.05) is 6.92 Å². The fraction of sp³-hybridized carbons (Fsp3) is 0.846. The largest absolute Gasteiger partial charge is 0.233 e. The van der Waals surface area contributed by atoms with Gasteiger partial charge in [0.15, 0.2) is 0 Å². The third kappa shape index (κ3) is 5.33. The second-order valence-corrected chi connectivity index (χ2v) is 4.68. The van der Waals surface area contributed by atoms with Gasteiger partial charge in [0, 0.05) is 6.42 Å². The Hall–Kier alpha value is -0.340. The molecule has 0 N–H and O–H groups in total. The first-order valence-corrected chi connectivity index (χ1v) is 6.19. The van der Waals surface area contributed by atoms with Crippen molar-refractivity contribution < 1.29 is 9.78 Å². The van der Waals surface area contributed by atoms with Gasteiger partial charge < -0.3 is 0 Å². The van der Waals surface area contributed by atoms with Crippen LogP contribution in [0.4, 0.5) is 0 Å². The van der Waals surface area contributed by atoms with Gasteiger partial charge in [-0.2, -0.15) is 0 Å². The first-order chi connectivity index (χ1) is 7.22. The maximum atomic E-state index is 5.31. The average molecular weight is 212 g/mol. The average Bonchev–Trinajstić information content (AvgIpc) is 2.59. The Morgan fingerprint density at radius 3 is 2.60 bits per heavy atom. The zero-order valence-electron chi connectivity index (χ0n) is 10.1. The topological polar surface area (TPSA) is 18.5 Å². The number of hydrogen-bond donors (Lipinski definition) is 0. The zero-order chi connectivity index (χ0) is 11.1. The Labute approximate surface area is 93.6 Å². The molecule has 0 aromatic carbocycles. The molecule has 1 saturated heterocycles. The van der Waals surface area contributed by atoms with Crippen LogP contribution in [0.3, 0.4) is 0 Å². The lowest BCUT2D eigenvalue weighted by Gasteiger charge is -2.05. The van der Waals surface area contributed by atoms with Crippen LogP contribution in [0.1, 0.15) is 58.8 Å². The van der Waals surface area contributed by atoms with Crippen LogP contribution in [0.5, 0.6) is 0 Å². The van der Waals surface area contributed by atoms with E-state index < -0.39 is 0 Å². The number of unbranched alkanes of at least 4 members (excludes halogenated alkanes) is 3. The molecule has 0 radical (unpaired) electrons. The second kappa shape index (κ2) is 7.02. The molecule has 0 aromatic rings. The summed E-state index contributed by atoms with van der Waals surface area (Å²) in [7, 11) is 0. The summed E-state index contributed by atoms with van der Waals surface area (Å²) in [4.78, 5) is 10.6. The molecule has 1 aliphatic heterocycles. The molecule has 15 heavy (non-hydrogen) atoms. The van der Waals surface area contributed by atoms with Crippen LogP contribution in [0.15, 0.2) is 12.2 Å². The van der Waals surface area contributed by atoms with Crippen LogP contribution >= 0.6 is 0 Å². The zero-order valence-corrected chi connectivity index (χ0v) is 10.1. The van der Waals surface area contributed by atoms with Crippen molar-refractivity contribution in [3.05, 3.63) is 12.2 Å². The highest BCUT2D eigenvalue weighted by Crippen LogP contribution is 2.25. The van der Waals surface area contributed by atoms with Gasteiger partial charge in [0.25, 0.3) is 0 Å². The third-order valence-electron chi connectivity index (χ3n) is 2.81. The lowest BCUT2D eigenvalue weighted by Crippen LogP contribution is -2.07. The molecule has 2 atom stereocenters. The Kier molecular flexibility index (Phi) is 5.96. The number of rotatable bonds is 7. The molecule has 0 amide bonds. The van der Waals surface area contributed by atoms with E-state index in [-0.39, 0.29) is 6.10 Å². The molecule has 1 rings (SSSR count). The fourth-order valence-corrected chi connectivity index (χ4v) is 2.00. The monoisotopic (exact) mass is 212 g/mol. The van der Waals surface area contributed by atoms with Gasteiger partial charge in [0.05, 0.1) is 12.2 Å². The van der Waals surface area contributed by atoms with Gasteiger partial charge in [-0.25, -0.2) is 9.78 Å². The summed E-state index contributed by atoms with van der Waals surface area (Å²) in [6, 6.07) is 0. The van der Waals surface area contributed by atoms with Gasteiger partial charge >= 0.3 is 0 Å². The Bertz CT molecular complexity index is 189. The Balaban J connectivity index is 2.05. The second-order valence-electron chi connectivity index (χ2n) is 4.68. The molecule has 88 valence electrons. The van der Waals surface area contributed by atoms with Gasteiger partial charge in [-0.05, 0) is 19.8 Å². The molecule has 0 aliphatic carbocycles. The molecule has 1 fully saturated rings. The summed E-state index contributed by atoms with van der Waals surface area (Å²) in [5, 5.41) is 0. The van der Waals surface area contributed by atoms with Gasteiger partial charge in [-0.15, -0.1) is 6.58 Å². The molecule has 2 unspecified atom stereocenters. The summed E-state index contributed by atoms with van der Waals surface area (Å²) in [5.74, 6) is 0. The summed E-state index contributed by atoms with van der Waals surface area (Å²) in [6.07, 6.45) is 8.91. The van der Waals surface area contributed by atoms with Crippen LogP contribution in [-0.4, -0.2) is 12.2 Å². The maximum absolute atomic E-state index is 5.31. The molecular formula is C13H24O2. The minimum Gasteiger partial charge on any atom is -0.233 e. The van der Waals surface area contributed by atoms with Gasteiger partial charge in [0.2, 0.25) is 0 Å². The Morgan fingerprint density at radius 1 is 1.20 bits per heavy atom. The van der Waals surface area contributed by atoms with E-state index in [4.69, 9.17) is 9.78 Å². The Morgan fingerprint density at radius 2 is 1.93 bits per heavy atom. The summed E-state index contributed by atoms with van der Waals surface area (Å²) in [5.41, 5.74) is 1.18. The van der Waals surface area contributed by atoms with Gasteiger partial charge in [0.1, 0.15) is 0 Å². The summed E-state index contributed by atoms with van der Waals surface area (Å²) >= 11 is 0.